The zero-order chi connectivity index (χ0) is 16.8. The van der Waals surface area contributed by atoms with Crippen LogP contribution in [-0.2, 0) is 13.0 Å². The maximum absolute atomic E-state index is 12.0. The van der Waals surface area contributed by atoms with E-state index >= 15 is 0 Å². The molecule has 1 amide bonds. The number of nitrogens with zero attached hydrogens (tertiary/aromatic N) is 3. The summed E-state index contributed by atoms with van der Waals surface area (Å²) < 4.78 is 2.19. The maximum atomic E-state index is 12.0. The molecule has 0 aliphatic heterocycles. The number of aryl methyl sites for hydroxylation is 2. The lowest BCUT2D eigenvalue weighted by Crippen LogP contribution is -2.24. The van der Waals surface area contributed by atoms with Gasteiger partial charge in [-0.3, -0.25) is 4.79 Å². The van der Waals surface area contributed by atoms with Crippen molar-refractivity contribution < 1.29 is 4.79 Å². The summed E-state index contributed by atoms with van der Waals surface area (Å²) in [6, 6.07) is 3.84. The normalized spacial score (nSPS) is 11.2. The molecule has 126 valence electrons. The molecular weight excluding hydrogens is 328 g/mol. The van der Waals surface area contributed by atoms with Gasteiger partial charge in [-0.15, -0.1) is 21.5 Å². The first-order valence-corrected chi connectivity index (χ1v) is 9.86. The Morgan fingerprint density at radius 3 is 2.78 bits per heavy atom. The summed E-state index contributed by atoms with van der Waals surface area (Å²) in [7, 11) is 0. The van der Waals surface area contributed by atoms with E-state index in [2.05, 4.69) is 33.9 Å². The van der Waals surface area contributed by atoms with Gasteiger partial charge in [0.25, 0.3) is 5.91 Å². The van der Waals surface area contributed by atoms with Crippen LogP contribution in [0, 0.1) is 12.8 Å². The second kappa shape index (κ2) is 8.49. The number of nitrogens with one attached hydrogen (secondary N) is 1. The first-order chi connectivity index (χ1) is 11.0. The average molecular weight is 353 g/mol. The standard InChI is InChI=1S/C16H24N4OS2/c1-11(2)10-20-14(18-19-16(20)22-4)6-5-9-17-15(21)13-8-7-12(3)23-13/h7-8,11H,5-6,9-10H2,1-4H3,(H,17,21). The highest BCUT2D eigenvalue weighted by Crippen LogP contribution is 2.17. The van der Waals surface area contributed by atoms with Crippen LogP contribution < -0.4 is 5.32 Å². The fourth-order valence-corrected chi connectivity index (χ4v) is 3.60. The highest BCUT2D eigenvalue weighted by molar-refractivity contribution is 7.98. The minimum atomic E-state index is 0.0107. The van der Waals surface area contributed by atoms with Gasteiger partial charge in [0.1, 0.15) is 5.82 Å². The van der Waals surface area contributed by atoms with Gasteiger partial charge in [-0.25, -0.2) is 0 Å². The molecule has 0 aliphatic rings. The van der Waals surface area contributed by atoms with Crippen LogP contribution in [0.3, 0.4) is 0 Å². The molecular formula is C16H24N4OS2. The minimum absolute atomic E-state index is 0.0107. The fraction of sp³-hybridized carbons (Fsp3) is 0.562. The van der Waals surface area contributed by atoms with E-state index in [1.54, 1.807) is 11.8 Å². The Balaban J connectivity index is 1.84. The Bertz CT molecular complexity index is 648. The molecule has 2 rings (SSSR count). The van der Waals surface area contributed by atoms with Gasteiger partial charge < -0.3 is 9.88 Å². The zero-order valence-corrected chi connectivity index (χ0v) is 15.8. The van der Waals surface area contributed by atoms with Crippen molar-refractivity contribution in [1.82, 2.24) is 20.1 Å². The summed E-state index contributed by atoms with van der Waals surface area (Å²) in [6.07, 6.45) is 3.71. The number of aromatic nitrogens is 3. The van der Waals surface area contributed by atoms with Gasteiger partial charge in [0.2, 0.25) is 0 Å². The van der Waals surface area contributed by atoms with E-state index in [9.17, 15) is 4.79 Å². The van der Waals surface area contributed by atoms with E-state index in [1.165, 1.54) is 11.3 Å². The summed E-state index contributed by atoms with van der Waals surface area (Å²) in [5, 5.41) is 12.5. The lowest BCUT2D eigenvalue weighted by Gasteiger charge is -2.11. The molecule has 1 N–H and O–H groups in total. The molecule has 0 saturated heterocycles. The van der Waals surface area contributed by atoms with Gasteiger partial charge in [0.15, 0.2) is 5.16 Å². The van der Waals surface area contributed by atoms with E-state index in [0.717, 1.165) is 40.1 Å². The van der Waals surface area contributed by atoms with Crippen LogP contribution in [-0.4, -0.2) is 33.5 Å². The Kier molecular flexibility index (Phi) is 6.65. The van der Waals surface area contributed by atoms with Crippen LogP contribution in [0.15, 0.2) is 17.3 Å². The molecule has 0 radical (unpaired) electrons. The third-order valence-corrected chi connectivity index (χ3v) is 5.02. The molecule has 23 heavy (non-hydrogen) atoms. The molecule has 7 heteroatoms. The maximum Gasteiger partial charge on any atom is 0.261 e. The summed E-state index contributed by atoms with van der Waals surface area (Å²) >= 11 is 3.15. The molecule has 0 bridgehead atoms. The Hall–Kier alpha value is -1.34. The molecule has 0 saturated carbocycles. The first kappa shape index (κ1) is 18.0. The number of thioether (sulfide) groups is 1. The van der Waals surface area contributed by atoms with Gasteiger partial charge in [-0.1, -0.05) is 25.6 Å². The van der Waals surface area contributed by atoms with Crippen molar-refractivity contribution >= 4 is 29.0 Å². The summed E-state index contributed by atoms with van der Waals surface area (Å²) in [4.78, 5) is 13.9. The van der Waals surface area contributed by atoms with Crippen molar-refractivity contribution in [2.75, 3.05) is 12.8 Å². The van der Waals surface area contributed by atoms with E-state index in [1.807, 2.05) is 25.3 Å². The second-order valence-corrected chi connectivity index (χ2v) is 7.94. The van der Waals surface area contributed by atoms with Crippen molar-refractivity contribution in [3.05, 3.63) is 27.7 Å². The first-order valence-electron chi connectivity index (χ1n) is 7.82. The zero-order valence-electron chi connectivity index (χ0n) is 14.1. The van der Waals surface area contributed by atoms with Crippen molar-refractivity contribution in [1.29, 1.82) is 0 Å². The number of amides is 1. The number of hydrogen-bond donors (Lipinski definition) is 1. The predicted molar refractivity (Wildman–Crippen MR) is 96.4 cm³/mol. The van der Waals surface area contributed by atoms with Crippen molar-refractivity contribution in [2.24, 2.45) is 5.92 Å². The topological polar surface area (TPSA) is 59.8 Å². The summed E-state index contributed by atoms with van der Waals surface area (Å²) in [5.74, 6) is 1.57. The molecule has 2 heterocycles. The van der Waals surface area contributed by atoms with E-state index in [4.69, 9.17) is 0 Å². The third-order valence-electron chi connectivity index (χ3n) is 3.35. The molecule has 0 aliphatic carbocycles. The average Bonchev–Trinajstić information content (AvgIpc) is 3.09. The molecule has 2 aromatic rings. The molecule has 2 aromatic heterocycles. The van der Waals surface area contributed by atoms with Crippen LogP contribution in [0.25, 0.3) is 0 Å². The van der Waals surface area contributed by atoms with Crippen LogP contribution in [0.2, 0.25) is 0 Å². The highest BCUT2D eigenvalue weighted by atomic mass is 32.2. The van der Waals surface area contributed by atoms with E-state index < -0.39 is 0 Å². The van der Waals surface area contributed by atoms with Gasteiger partial charge in [-0.2, -0.15) is 0 Å². The number of carbonyl (C=O) groups is 1. The quantitative estimate of drug-likeness (QED) is 0.584. The highest BCUT2D eigenvalue weighted by Gasteiger charge is 2.13. The number of carbonyl (C=O) groups excluding carboxylic acids is 1. The summed E-state index contributed by atoms with van der Waals surface area (Å²) in [6.45, 7) is 7.97. The van der Waals surface area contributed by atoms with Crippen LogP contribution in [0.1, 0.15) is 40.6 Å². The smallest absolute Gasteiger partial charge is 0.261 e. The third kappa shape index (κ3) is 5.07. The monoisotopic (exact) mass is 352 g/mol. The predicted octanol–water partition coefficient (Wildman–Crippen LogP) is 3.39. The van der Waals surface area contributed by atoms with Crippen molar-refractivity contribution in [3.8, 4) is 0 Å². The minimum Gasteiger partial charge on any atom is -0.351 e. The largest absolute Gasteiger partial charge is 0.351 e. The van der Waals surface area contributed by atoms with E-state index in [0.29, 0.717) is 12.5 Å². The molecule has 0 aromatic carbocycles. The lowest BCUT2D eigenvalue weighted by molar-refractivity contribution is 0.0957. The van der Waals surface area contributed by atoms with Crippen molar-refractivity contribution in [2.45, 2.75) is 45.3 Å². The number of rotatable bonds is 8. The summed E-state index contributed by atoms with van der Waals surface area (Å²) in [5.41, 5.74) is 0. The fourth-order valence-electron chi connectivity index (χ4n) is 2.30. The van der Waals surface area contributed by atoms with Gasteiger partial charge in [0, 0.05) is 24.4 Å². The van der Waals surface area contributed by atoms with Gasteiger partial charge in [0.05, 0.1) is 4.88 Å². The molecule has 0 atom stereocenters. The van der Waals surface area contributed by atoms with Gasteiger partial charge in [-0.05, 0) is 37.7 Å². The molecule has 0 fully saturated rings. The lowest BCUT2D eigenvalue weighted by atomic mass is 10.2. The van der Waals surface area contributed by atoms with E-state index in [-0.39, 0.29) is 5.91 Å². The molecule has 0 spiro atoms. The molecule has 0 unspecified atom stereocenters. The Morgan fingerprint density at radius 1 is 1.39 bits per heavy atom. The van der Waals surface area contributed by atoms with Gasteiger partial charge >= 0.3 is 0 Å². The second-order valence-electron chi connectivity index (χ2n) is 5.88. The molecule has 5 nitrogen and oxygen atoms in total. The Morgan fingerprint density at radius 2 is 2.17 bits per heavy atom. The Labute approximate surface area is 145 Å². The van der Waals surface area contributed by atoms with Crippen LogP contribution >= 0.6 is 23.1 Å². The number of thiophene rings is 1. The number of hydrogen-bond acceptors (Lipinski definition) is 5. The van der Waals surface area contributed by atoms with Crippen LogP contribution in [0.5, 0.6) is 0 Å². The van der Waals surface area contributed by atoms with Crippen molar-refractivity contribution in [3.63, 3.8) is 0 Å². The van der Waals surface area contributed by atoms with Crippen LogP contribution in [0.4, 0.5) is 0 Å². The SMILES string of the molecule is CSc1nnc(CCCNC(=O)c2ccc(C)s2)n1CC(C)C.